The number of phenols is 1. The molecule has 0 radical (unpaired) electrons. The van der Waals surface area contributed by atoms with Crippen LogP contribution in [0.15, 0.2) is 40.8 Å². The number of carboxylic acid groups (broad SMARTS) is 1. The summed E-state index contributed by atoms with van der Waals surface area (Å²) in [5.41, 5.74) is 0.677. The van der Waals surface area contributed by atoms with Crippen molar-refractivity contribution in [3.63, 3.8) is 0 Å². The molecule has 30 heavy (non-hydrogen) atoms. The smallest absolute Gasteiger partial charge is 0.340 e. The van der Waals surface area contributed by atoms with E-state index in [1.807, 2.05) is 0 Å². The van der Waals surface area contributed by atoms with E-state index in [-0.39, 0.29) is 17.1 Å². The molecule has 0 bridgehead atoms. The van der Waals surface area contributed by atoms with E-state index in [4.69, 9.17) is 13.9 Å². The molecule has 0 unspecified atom stereocenters. The highest BCUT2D eigenvalue weighted by Crippen LogP contribution is 2.40. The van der Waals surface area contributed by atoms with Crippen molar-refractivity contribution in [1.82, 2.24) is 4.90 Å². The Morgan fingerprint density at radius 1 is 1.10 bits per heavy atom. The van der Waals surface area contributed by atoms with Crippen LogP contribution in [0.3, 0.4) is 0 Å². The Hall–Kier alpha value is -3.19. The van der Waals surface area contributed by atoms with Crippen LogP contribution in [0.2, 0.25) is 0 Å². The third-order valence-corrected chi connectivity index (χ3v) is 5.45. The summed E-state index contributed by atoms with van der Waals surface area (Å²) < 4.78 is 16.8. The van der Waals surface area contributed by atoms with Crippen LogP contribution in [-0.2, 0) is 0 Å². The largest absolute Gasteiger partial charge is 0.507 e. The Labute approximate surface area is 174 Å². The molecular weight excluding hydrogens is 386 g/mol. The minimum Gasteiger partial charge on any atom is -0.507 e. The molecule has 0 saturated carbocycles. The lowest BCUT2D eigenvalue weighted by atomic mass is 10.0. The molecule has 1 fully saturated rings. The fourth-order valence-corrected chi connectivity index (χ4v) is 3.87. The Kier molecular flexibility index (Phi) is 5.81. The number of carbonyl (C=O) groups is 1. The van der Waals surface area contributed by atoms with Crippen LogP contribution in [0, 0.1) is 0 Å². The number of aromatic hydroxyl groups is 1. The number of phenolic OH excluding ortho intramolecular Hbond substituents is 1. The summed E-state index contributed by atoms with van der Waals surface area (Å²) in [6.45, 7) is 3.57. The summed E-state index contributed by atoms with van der Waals surface area (Å²) in [6.07, 6.45) is 3.75. The van der Waals surface area contributed by atoms with Gasteiger partial charge in [0.05, 0.1) is 12.7 Å². The number of piperidine rings is 1. The van der Waals surface area contributed by atoms with Gasteiger partial charge < -0.3 is 24.1 Å². The highest BCUT2D eigenvalue weighted by molar-refractivity contribution is 6.08. The monoisotopic (exact) mass is 411 g/mol. The number of rotatable bonds is 7. The molecular formula is C23H25NO6. The van der Waals surface area contributed by atoms with Gasteiger partial charge in [-0.05, 0) is 50.2 Å². The van der Waals surface area contributed by atoms with Crippen molar-refractivity contribution in [2.75, 3.05) is 33.4 Å². The zero-order valence-corrected chi connectivity index (χ0v) is 16.9. The second kappa shape index (κ2) is 8.67. The van der Waals surface area contributed by atoms with Crippen LogP contribution in [0.25, 0.3) is 22.3 Å². The molecule has 1 aromatic heterocycles. The van der Waals surface area contributed by atoms with E-state index in [0.29, 0.717) is 34.6 Å². The first kappa shape index (κ1) is 20.1. The number of carboxylic acids is 1. The maximum atomic E-state index is 11.9. The molecule has 0 amide bonds. The number of ether oxygens (including phenoxy) is 2. The van der Waals surface area contributed by atoms with Gasteiger partial charge in [0.2, 0.25) is 0 Å². The Bertz CT molecular complexity index is 1050. The van der Waals surface area contributed by atoms with Crippen LogP contribution in [0.1, 0.15) is 29.6 Å². The Balaban J connectivity index is 1.57. The van der Waals surface area contributed by atoms with Gasteiger partial charge in [0.15, 0.2) is 5.76 Å². The molecule has 4 rings (SSSR count). The molecule has 2 heterocycles. The van der Waals surface area contributed by atoms with Crippen molar-refractivity contribution in [2.24, 2.45) is 0 Å². The molecule has 0 aliphatic carbocycles. The van der Waals surface area contributed by atoms with Crippen molar-refractivity contribution in [2.45, 2.75) is 19.3 Å². The van der Waals surface area contributed by atoms with Crippen LogP contribution < -0.4 is 9.47 Å². The summed E-state index contributed by atoms with van der Waals surface area (Å²) in [7, 11) is 1.53. The zero-order chi connectivity index (χ0) is 21.1. The van der Waals surface area contributed by atoms with Gasteiger partial charge in [0.25, 0.3) is 0 Å². The molecule has 158 valence electrons. The fourth-order valence-electron chi connectivity index (χ4n) is 3.87. The molecule has 1 aliphatic rings. The van der Waals surface area contributed by atoms with Gasteiger partial charge >= 0.3 is 5.97 Å². The van der Waals surface area contributed by atoms with Gasteiger partial charge in [0, 0.05) is 24.1 Å². The minimum atomic E-state index is -1.13. The third kappa shape index (κ3) is 4.07. The van der Waals surface area contributed by atoms with E-state index in [9.17, 15) is 15.0 Å². The summed E-state index contributed by atoms with van der Waals surface area (Å²) in [5.74, 6) is -0.0402. The summed E-state index contributed by atoms with van der Waals surface area (Å²) in [4.78, 5) is 14.3. The number of likely N-dealkylation sites (tertiary alicyclic amines) is 1. The number of benzene rings is 2. The number of fused-ring (bicyclic) bond motifs is 1. The van der Waals surface area contributed by atoms with Gasteiger partial charge in [-0.1, -0.05) is 6.42 Å². The average molecular weight is 411 g/mol. The summed E-state index contributed by atoms with van der Waals surface area (Å²) in [5, 5.41) is 20.7. The Morgan fingerprint density at radius 2 is 1.87 bits per heavy atom. The minimum absolute atomic E-state index is 0.00159. The van der Waals surface area contributed by atoms with Gasteiger partial charge in [-0.15, -0.1) is 0 Å². The van der Waals surface area contributed by atoms with Gasteiger partial charge in [0.1, 0.15) is 35.0 Å². The van der Waals surface area contributed by atoms with Crippen molar-refractivity contribution in [1.29, 1.82) is 0 Å². The number of aromatic carboxylic acids is 1. The van der Waals surface area contributed by atoms with Crippen molar-refractivity contribution < 1.29 is 28.9 Å². The van der Waals surface area contributed by atoms with Crippen LogP contribution in [-0.4, -0.2) is 54.4 Å². The molecule has 1 saturated heterocycles. The number of hydrogen-bond donors (Lipinski definition) is 2. The van der Waals surface area contributed by atoms with Crippen molar-refractivity contribution >= 4 is 16.9 Å². The highest BCUT2D eigenvalue weighted by atomic mass is 16.5. The van der Waals surface area contributed by atoms with E-state index in [2.05, 4.69) is 4.90 Å². The highest BCUT2D eigenvalue weighted by Gasteiger charge is 2.24. The van der Waals surface area contributed by atoms with Crippen LogP contribution in [0.5, 0.6) is 17.2 Å². The third-order valence-electron chi connectivity index (χ3n) is 5.45. The van der Waals surface area contributed by atoms with Gasteiger partial charge in [-0.2, -0.15) is 0 Å². The molecule has 3 aromatic rings. The topological polar surface area (TPSA) is 92.4 Å². The van der Waals surface area contributed by atoms with Crippen LogP contribution in [0.4, 0.5) is 0 Å². The van der Waals surface area contributed by atoms with E-state index in [1.54, 1.807) is 30.3 Å². The molecule has 2 N–H and O–H groups in total. The maximum Gasteiger partial charge on any atom is 0.340 e. The van der Waals surface area contributed by atoms with Crippen molar-refractivity contribution in [3.8, 4) is 28.6 Å². The second-order valence-electron chi connectivity index (χ2n) is 7.40. The fraction of sp³-hybridized carbons (Fsp3) is 0.348. The van der Waals surface area contributed by atoms with E-state index in [1.165, 1.54) is 32.4 Å². The van der Waals surface area contributed by atoms with E-state index < -0.39 is 5.97 Å². The van der Waals surface area contributed by atoms with E-state index in [0.717, 1.165) is 19.6 Å². The summed E-state index contributed by atoms with van der Waals surface area (Å²) in [6, 6.07) is 9.76. The lowest BCUT2D eigenvalue weighted by molar-refractivity contribution is 0.0699. The van der Waals surface area contributed by atoms with E-state index >= 15 is 0 Å². The van der Waals surface area contributed by atoms with Gasteiger partial charge in [-0.3, -0.25) is 4.90 Å². The first-order valence-corrected chi connectivity index (χ1v) is 10.1. The number of methoxy groups -OCH3 is 1. The molecule has 1 aliphatic heterocycles. The van der Waals surface area contributed by atoms with Crippen LogP contribution >= 0.6 is 0 Å². The number of hydrogen-bond acceptors (Lipinski definition) is 6. The first-order valence-electron chi connectivity index (χ1n) is 10.1. The average Bonchev–Trinajstić information content (AvgIpc) is 3.13. The SMILES string of the molecule is COc1ccc2c(C(=O)O)c(-c3ccc(OCCN4CCCCC4)cc3O)oc2c1. The zero-order valence-electron chi connectivity index (χ0n) is 16.9. The lowest BCUT2D eigenvalue weighted by Gasteiger charge is -2.26. The van der Waals surface area contributed by atoms with Crippen molar-refractivity contribution in [3.05, 3.63) is 42.0 Å². The molecule has 2 aromatic carbocycles. The molecule has 0 spiro atoms. The lowest BCUT2D eigenvalue weighted by Crippen LogP contribution is -2.33. The quantitative estimate of drug-likeness (QED) is 0.596. The second-order valence-corrected chi connectivity index (χ2v) is 7.40. The predicted octanol–water partition coefficient (Wildman–Crippen LogP) is 4.38. The van der Waals surface area contributed by atoms with Gasteiger partial charge in [-0.25, -0.2) is 4.79 Å². The molecule has 7 heteroatoms. The normalized spacial score (nSPS) is 14.7. The predicted molar refractivity (Wildman–Crippen MR) is 113 cm³/mol. The Morgan fingerprint density at radius 3 is 2.57 bits per heavy atom. The maximum absolute atomic E-state index is 11.9. The molecule has 0 atom stereocenters. The number of furan rings is 1. The molecule has 7 nitrogen and oxygen atoms in total. The number of nitrogens with zero attached hydrogens (tertiary/aromatic N) is 1. The summed E-state index contributed by atoms with van der Waals surface area (Å²) >= 11 is 0. The first-order chi connectivity index (χ1) is 14.6. The standard InChI is InChI=1S/C23H25NO6/c1-28-15-5-8-18-20(14-15)30-22(21(18)23(26)27)17-7-6-16(13-19(17)25)29-12-11-24-9-3-2-4-10-24/h5-8,13-14,25H,2-4,9-12H2,1H3,(H,26,27).